The number of aryl methyl sites for hydroxylation is 1. The number of carbonyl (C=O) groups excluding carboxylic acids is 2. The summed E-state index contributed by atoms with van der Waals surface area (Å²) in [6.07, 6.45) is 0. The number of carbonyl (C=O) groups is 2. The Bertz CT molecular complexity index is 1280. The highest BCUT2D eigenvalue weighted by molar-refractivity contribution is 7.80. The molecule has 39 heavy (non-hydrogen) atoms. The summed E-state index contributed by atoms with van der Waals surface area (Å²) in [5.41, 5.74) is 4.08. The Morgan fingerprint density at radius 3 is 1.97 bits per heavy atom. The molecule has 0 saturated carbocycles. The van der Waals surface area contributed by atoms with Crippen LogP contribution in [0.2, 0.25) is 0 Å². The van der Waals surface area contributed by atoms with Crippen LogP contribution in [-0.2, 0) is 0 Å². The Kier molecular flexibility index (Phi) is 9.38. The molecule has 0 spiro atoms. The van der Waals surface area contributed by atoms with Gasteiger partial charge in [0, 0.05) is 54.7 Å². The van der Waals surface area contributed by atoms with Gasteiger partial charge in [-0.2, -0.15) is 0 Å². The zero-order chi connectivity index (χ0) is 27.8. The van der Waals surface area contributed by atoms with Crippen molar-refractivity contribution in [2.75, 3.05) is 49.6 Å². The predicted molar refractivity (Wildman–Crippen MR) is 158 cm³/mol. The van der Waals surface area contributed by atoms with Gasteiger partial charge in [0.25, 0.3) is 11.8 Å². The van der Waals surface area contributed by atoms with Crippen molar-refractivity contribution in [3.8, 4) is 11.5 Å². The van der Waals surface area contributed by atoms with Crippen molar-refractivity contribution < 1.29 is 19.1 Å². The van der Waals surface area contributed by atoms with Crippen LogP contribution in [0.25, 0.3) is 0 Å². The summed E-state index contributed by atoms with van der Waals surface area (Å²) in [5, 5.41) is 5.97. The molecular weight excluding hydrogens is 512 g/mol. The van der Waals surface area contributed by atoms with Gasteiger partial charge in [0.2, 0.25) is 0 Å². The third-order valence-corrected chi connectivity index (χ3v) is 6.55. The summed E-state index contributed by atoms with van der Waals surface area (Å²) in [4.78, 5) is 29.8. The van der Waals surface area contributed by atoms with E-state index in [-0.39, 0.29) is 16.9 Å². The average Bonchev–Trinajstić information content (AvgIpc) is 2.94. The SMILES string of the molecule is CCOc1cc(OCC)cc(C(=O)NC(=S)Nc2ccc(N3CCN(C(=O)c4ccc(C)cc4)CC3)cc2)c1. The van der Waals surface area contributed by atoms with E-state index in [1.165, 1.54) is 0 Å². The molecule has 1 saturated heterocycles. The van der Waals surface area contributed by atoms with E-state index in [2.05, 4.69) is 15.5 Å². The van der Waals surface area contributed by atoms with E-state index in [0.717, 1.165) is 35.6 Å². The molecule has 0 bridgehead atoms. The average molecular weight is 547 g/mol. The standard InChI is InChI=1S/C30H34N4O4S/c1-4-37-26-18-23(19-27(20-26)38-5-2)28(35)32-30(39)31-24-10-12-25(13-11-24)33-14-16-34(17-15-33)29(36)22-8-6-21(3)7-9-22/h6-13,18-20H,4-5,14-17H2,1-3H3,(H2,31,32,35,39). The van der Waals surface area contributed by atoms with Crippen molar-refractivity contribution in [3.05, 3.63) is 83.4 Å². The van der Waals surface area contributed by atoms with Gasteiger partial charge >= 0.3 is 0 Å². The van der Waals surface area contributed by atoms with E-state index in [1.54, 1.807) is 18.2 Å². The lowest BCUT2D eigenvalue weighted by Gasteiger charge is -2.36. The van der Waals surface area contributed by atoms with Crippen molar-refractivity contribution in [1.29, 1.82) is 0 Å². The predicted octanol–water partition coefficient (Wildman–Crippen LogP) is 4.88. The first-order valence-corrected chi connectivity index (χ1v) is 13.5. The van der Waals surface area contributed by atoms with Crippen LogP contribution >= 0.6 is 12.2 Å². The summed E-state index contributed by atoms with van der Waals surface area (Å²) < 4.78 is 11.1. The number of ether oxygens (including phenoxy) is 2. The van der Waals surface area contributed by atoms with E-state index >= 15 is 0 Å². The van der Waals surface area contributed by atoms with Crippen LogP contribution in [0.1, 0.15) is 40.1 Å². The Labute approximate surface area is 234 Å². The number of nitrogens with zero attached hydrogens (tertiary/aromatic N) is 2. The molecule has 2 amide bonds. The zero-order valence-electron chi connectivity index (χ0n) is 22.5. The van der Waals surface area contributed by atoms with E-state index < -0.39 is 0 Å². The molecule has 3 aromatic rings. The topological polar surface area (TPSA) is 83.1 Å². The smallest absolute Gasteiger partial charge is 0.257 e. The first kappa shape index (κ1) is 27.9. The van der Waals surface area contributed by atoms with Crippen LogP contribution in [0.5, 0.6) is 11.5 Å². The van der Waals surface area contributed by atoms with Crippen molar-refractivity contribution in [2.45, 2.75) is 20.8 Å². The van der Waals surface area contributed by atoms with Gasteiger partial charge in [0.15, 0.2) is 5.11 Å². The molecular formula is C30H34N4O4S. The highest BCUT2D eigenvalue weighted by atomic mass is 32.1. The van der Waals surface area contributed by atoms with Gasteiger partial charge in [-0.1, -0.05) is 17.7 Å². The molecule has 1 aliphatic rings. The van der Waals surface area contributed by atoms with Crippen LogP contribution < -0.4 is 25.0 Å². The van der Waals surface area contributed by atoms with Crippen LogP contribution in [0.3, 0.4) is 0 Å². The van der Waals surface area contributed by atoms with Gasteiger partial charge in [0.1, 0.15) is 11.5 Å². The molecule has 8 nitrogen and oxygen atoms in total. The van der Waals surface area contributed by atoms with E-state index in [1.807, 2.05) is 74.2 Å². The number of hydrogen-bond donors (Lipinski definition) is 2. The molecule has 2 N–H and O–H groups in total. The normalized spacial score (nSPS) is 13.0. The molecule has 4 rings (SSSR count). The Morgan fingerprint density at radius 1 is 0.821 bits per heavy atom. The fourth-order valence-corrected chi connectivity index (χ4v) is 4.55. The van der Waals surface area contributed by atoms with E-state index in [4.69, 9.17) is 21.7 Å². The largest absolute Gasteiger partial charge is 0.494 e. The Hall–Kier alpha value is -4.11. The molecule has 1 aliphatic heterocycles. The quantitative estimate of drug-likeness (QED) is 0.390. The minimum Gasteiger partial charge on any atom is -0.494 e. The molecule has 0 atom stereocenters. The first-order valence-electron chi connectivity index (χ1n) is 13.1. The number of hydrogen-bond acceptors (Lipinski definition) is 6. The fourth-order valence-electron chi connectivity index (χ4n) is 4.34. The molecule has 9 heteroatoms. The first-order chi connectivity index (χ1) is 18.9. The van der Waals surface area contributed by atoms with Crippen LogP contribution in [-0.4, -0.2) is 61.2 Å². The monoisotopic (exact) mass is 546 g/mol. The van der Waals surface area contributed by atoms with Gasteiger partial charge in [-0.25, -0.2) is 0 Å². The maximum absolute atomic E-state index is 12.8. The summed E-state index contributed by atoms with van der Waals surface area (Å²) >= 11 is 5.37. The fraction of sp³-hybridized carbons (Fsp3) is 0.300. The summed E-state index contributed by atoms with van der Waals surface area (Å²) in [6.45, 7) is 9.57. The Balaban J connectivity index is 1.29. The van der Waals surface area contributed by atoms with E-state index in [0.29, 0.717) is 43.4 Å². The van der Waals surface area contributed by atoms with Gasteiger partial charge in [-0.15, -0.1) is 0 Å². The van der Waals surface area contributed by atoms with Crippen LogP contribution in [0.15, 0.2) is 66.7 Å². The third kappa shape index (κ3) is 7.48. The second-order valence-electron chi connectivity index (χ2n) is 9.16. The van der Waals surface area contributed by atoms with Gasteiger partial charge in [-0.3, -0.25) is 14.9 Å². The third-order valence-electron chi connectivity index (χ3n) is 6.35. The summed E-state index contributed by atoms with van der Waals surface area (Å²) in [6, 6.07) is 20.6. The minimum absolute atomic E-state index is 0.0727. The number of piperazine rings is 1. The highest BCUT2D eigenvalue weighted by Crippen LogP contribution is 2.24. The van der Waals surface area contributed by atoms with E-state index in [9.17, 15) is 9.59 Å². The van der Waals surface area contributed by atoms with Crippen LogP contribution in [0, 0.1) is 6.92 Å². The summed E-state index contributed by atoms with van der Waals surface area (Å²) in [5.74, 6) is 0.833. The molecule has 1 heterocycles. The minimum atomic E-state index is -0.357. The van der Waals surface area contributed by atoms with Crippen LogP contribution in [0.4, 0.5) is 11.4 Å². The van der Waals surface area contributed by atoms with Gasteiger partial charge in [0.05, 0.1) is 13.2 Å². The molecule has 0 unspecified atom stereocenters. The molecule has 0 radical (unpaired) electrons. The maximum Gasteiger partial charge on any atom is 0.257 e. The lowest BCUT2D eigenvalue weighted by atomic mass is 10.1. The number of nitrogens with one attached hydrogen (secondary N) is 2. The lowest BCUT2D eigenvalue weighted by Crippen LogP contribution is -2.48. The number of anilines is 2. The highest BCUT2D eigenvalue weighted by Gasteiger charge is 2.22. The Morgan fingerprint density at radius 2 is 1.41 bits per heavy atom. The second kappa shape index (κ2) is 13.1. The lowest BCUT2D eigenvalue weighted by molar-refractivity contribution is 0.0746. The number of thiocarbonyl (C=S) groups is 1. The van der Waals surface area contributed by atoms with Crippen molar-refractivity contribution in [3.63, 3.8) is 0 Å². The van der Waals surface area contributed by atoms with Crippen molar-refractivity contribution in [2.24, 2.45) is 0 Å². The van der Waals surface area contributed by atoms with Gasteiger partial charge in [-0.05, 0) is 81.5 Å². The molecule has 0 aromatic heterocycles. The molecule has 3 aromatic carbocycles. The van der Waals surface area contributed by atoms with Crippen molar-refractivity contribution >= 4 is 40.5 Å². The molecule has 0 aliphatic carbocycles. The van der Waals surface area contributed by atoms with Crippen molar-refractivity contribution in [1.82, 2.24) is 10.2 Å². The van der Waals surface area contributed by atoms with Gasteiger partial charge < -0.3 is 24.6 Å². The second-order valence-corrected chi connectivity index (χ2v) is 9.57. The number of rotatable bonds is 8. The zero-order valence-corrected chi connectivity index (χ0v) is 23.3. The summed E-state index contributed by atoms with van der Waals surface area (Å²) in [7, 11) is 0. The number of benzene rings is 3. The maximum atomic E-state index is 12.8. The number of amides is 2. The molecule has 204 valence electrons. The molecule has 1 fully saturated rings.